The number of ketones is 1. The van der Waals surface area contributed by atoms with Crippen molar-refractivity contribution >= 4 is 5.78 Å². The lowest BCUT2D eigenvalue weighted by Crippen LogP contribution is -2.57. The van der Waals surface area contributed by atoms with Gasteiger partial charge in [0.15, 0.2) is 5.78 Å². The molecule has 1 aromatic heterocycles. The van der Waals surface area contributed by atoms with Crippen molar-refractivity contribution < 1.29 is 9.90 Å². The second kappa shape index (κ2) is 7.14. The van der Waals surface area contributed by atoms with Crippen LogP contribution >= 0.6 is 0 Å². The zero-order chi connectivity index (χ0) is 20.2. The Balaban J connectivity index is 1.38. The largest absolute Gasteiger partial charge is 0.393 e. The van der Waals surface area contributed by atoms with E-state index in [9.17, 15) is 9.90 Å². The summed E-state index contributed by atoms with van der Waals surface area (Å²) in [6, 6.07) is 0. The van der Waals surface area contributed by atoms with Crippen molar-refractivity contribution in [2.24, 2.45) is 40.4 Å². The normalized spacial score (nSPS) is 47.0. The summed E-state index contributed by atoms with van der Waals surface area (Å²) in [6.45, 7) is 5.27. The van der Waals surface area contributed by atoms with Crippen LogP contribution in [-0.4, -0.2) is 37.2 Å². The second-order valence-electron chi connectivity index (χ2n) is 11.1. The average Bonchev–Trinajstić information content (AvgIpc) is 3.20. The average molecular weight is 401 g/mol. The van der Waals surface area contributed by atoms with Gasteiger partial charge in [0, 0.05) is 5.92 Å². The molecule has 5 rings (SSSR count). The standard InChI is InChI=1S/C23H36N4O2/c1-22-10-8-16(28)12-15(22)6-7-17-18-4-3-5-20(23(18,2)11-9-19(17)22)21(29)13-27-14-24-25-26-27/h14-20,28H,3-13H2,1-2H3/t15-,16?,17-,18-,19-,20+,22-,23-/m0/s1. The molecule has 0 bridgehead atoms. The van der Waals surface area contributed by atoms with Gasteiger partial charge in [0.05, 0.1) is 6.10 Å². The molecule has 4 aliphatic carbocycles. The number of aliphatic hydroxyl groups excluding tert-OH is 1. The van der Waals surface area contributed by atoms with E-state index in [0.29, 0.717) is 29.6 Å². The quantitative estimate of drug-likeness (QED) is 0.837. The highest BCUT2D eigenvalue weighted by Gasteiger charge is 2.59. The maximum Gasteiger partial charge on any atom is 0.158 e. The second-order valence-corrected chi connectivity index (χ2v) is 11.1. The van der Waals surface area contributed by atoms with Gasteiger partial charge >= 0.3 is 0 Å². The van der Waals surface area contributed by atoms with Crippen LogP contribution in [0.3, 0.4) is 0 Å². The zero-order valence-electron chi connectivity index (χ0n) is 18.0. The molecule has 0 amide bonds. The van der Waals surface area contributed by atoms with E-state index >= 15 is 0 Å². The monoisotopic (exact) mass is 400 g/mol. The summed E-state index contributed by atoms with van der Waals surface area (Å²) in [4.78, 5) is 13.3. The molecule has 8 atom stereocenters. The van der Waals surface area contributed by atoms with Gasteiger partial charge in [0.1, 0.15) is 12.9 Å². The third-order valence-electron chi connectivity index (χ3n) is 9.98. The van der Waals surface area contributed by atoms with Crippen molar-refractivity contribution in [3.05, 3.63) is 6.33 Å². The van der Waals surface area contributed by atoms with Crippen molar-refractivity contribution in [1.29, 1.82) is 0 Å². The van der Waals surface area contributed by atoms with E-state index in [4.69, 9.17) is 0 Å². The van der Waals surface area contributed by atoms with Gasteiger partial charge in [-0.2, -0.15) is 0 Å². The molecule has 0 radical (unpaired) electrons. The highest BCUT2D eigenvalue weighted by molar-refractivity contribution is 5.81. The lowest BCUT2D eigenvalue weighted by Gasteiger charge is -2.63. The summed E-state index contributed by atoms with van der Waals surface area (Å²) >= 11 is 0. The van der Waals surface area contributed by atoms with E-state index in [1.807, 2.05) is 0 Å². The molecule has 1 N–H and O–H groups in total. The Morgan fingerprint density at radius 3 is 2.66 bits per heavy atom. The zero-order valence-corrected chi connectivity index (χ0v) is 18.0. The number of hydrogen-bond donors (Lipinski definition) is 1. The first-order valence-corrected chi connectivity index (χ1v) is 11.8. The summed E-state index contributed by atoms with van der Waals surface area (Å²) in [6.07, 6.45) is 13.1. The SMILES string of the molecule is C[C@]12CCC(O)C[C@@H]1CC[C@@H]1[C@@H]2CC[C@]2(C)[C@@H](C(=O)Cn3cnnn3)CCC[C@@H]12. The molecule has 1 heterocycles. The number of tetrazole rings is 1. The first kappa shape index (κ1) is 19.7. The van der Waals surface area contributed by atoms with Gasteiger partial charge in [-0.1, -0.05) is 20.3 Å². The molecule has 0 aromatic carbocycles. The van der Waals surface area contributed by atoms with Crippen LogP contribution in [0.25, 0.3) is 0 Å². The number of carbonyl (C=O) groups excluding carboxylic acids is 1. The van der Waals surface area contributed by atoms with Crippen LogP contribution in [-0.2, 0) is 11.3 Å². The first-order chi connectivity index (χ1) is 13.9. The van der Waals surface area contributed by atoms with Gasteiger partial charge in [0.25, 0.3) is 0 Å². The number of Topliss-reactive ketones (excluding diaryl/α,β-unsaturated/α-hetero) is 1. The molecular weight excluding hydrogens is 364 g/mol. The molecule has 160 valence electrons. The minimum Gasteiger partial charge on any atom is -0.393 e. The Bertz CT molecular complexity index is 752. The molecule has 1 unspecified atom stereocenters. The van der Waals surface area contributed by atoms with Crippen molar-refractivity contribution in [3.63, 3.8) is 0 Å². The molecular formula is C23H36N4O2. The molecule has 4 saturated carbocycles. The Kier molecular flexibility index (Phi) is 4.84. The van der Waals surface area contributed by atoms with E-state index in [1.165, 1.54) is 44.9 Å². The van der Waals surface area contributed by atoms with Gasteiger partial charge in [-0.05, 0) is 103 Å². The predicted molar refractivity (Wildman–Crippen MR) is 109 cm³/mol. The number of carbonyl (C=O) groups is 1. The Labute approximate surface area is 173 Å². The van der Waals surface area contributed by atoms with Gasteiger partial charge in [-0.3, -0.25) is 4.79 Å². The van der Waals surface area contributed by atoms with E-state index in [1.54, 1.807) is 11.0 Å². The van der Waals surface area contributed by atoms with Crippen LogP contribution < -0.4 is 0 Å². The highest BCUT2D eigenvalue weighted by atomic mass is 16.3. The van der Waals surface area contributed by atoms with Gasteiger partial charge in [0.2, 0.25) is 0 Å². The van der Waals surface area contributed by atoms with E-state index < -0.39 is 0 Å². The van der Waals surface area contributed by atoms with Crippen molar-refractivity contribution in [2.45, 2.75) is 90.7 Å². The van der Waals surface area contributed by atoms with Crippen molar-refractivity contribution in [2.75, 3.05) is 0 Å². The fourth-order valence-electron chi connectivity index (χ4n) is 8.48. The molecule has 0 saturated heterocycles. The summed E-state index contributed by atoms with van der Waals surface area (Å²) in [7, 11) is 0. The summed E-state index contributed by atoms with van der Waals surface area (Å²) in [5.41, 5.74) is 0.523. The Morgan fingerprint density at radius 2 is 1.86 bits per heavy atom. The molecule has 6 heteroatoms. The maximum absolute atomic E-state index is 13.3. The Hall–Kier alpha value is -1.30. The molecule has 4 aliphatic rings. The lowest BCUT2D eigenvalue weighted by molar-refractivity contribution is -0.160. The maximum atomic E-state index is 13.3. The van der Waals surface area contributed by atoms with Crippen LogP contribution in [0.5, 0.6) is 0 Å². The topological polar surface area (TPSA) is 80.9 Å². The van der Waals surface area contributed by atoms with Crippen LogP contribution in [0.2, 0.25) is 0 Å². The fourth-order valence-corrected chi connectivity index (χ4v) is 8.48. The van der Waals surface area contributed by atoms with E-state index in [2.05, 4.69) is 29.4 Å². The van der Waals surface area contributed by atoms with Crippen LogP contribution in [0.1, 0.15) is 78.1 Å². The van der Waals surface area contributed by atoms with E-state index in [-0.39, 0.29) is 17.4 Å². The number of fused-ring (bicyclic) bond motifs is 5. The number of rotatable bonds is 3. The summed E-state index contributed by atoms with van der Waals surface area (Å²) in [5.74, 6) is 3.36. The Morgan fingerprint density at radius 1 is 1.07 bits per heavy atom. The predicted octanol–water partition coefficient (Wildman–Crippen LogP) is 3.65. The van der Waals surface area contributed by atoms with Crippen molar-refractivity contribution in [3.8, 4) is 0 Å². The molecule has 4 fully saturated rings. The highest BCUT2D eigenvalue weighted by Crippen LogP contribution is 2.66. The summed E-state index contributed by atoms with van der Waals surface area (Å²) in [5, 5.41) is 21.5. The molecule has 29 heavy (non-hydrogen) atoms. The van der Waals surface area contributed by atoms with Gasteiger partial charge < -0.3 is 5.11 Å². The number of aliphatic hydroxyl groups is 1. The van der Waals surface area contributed by atoms with Gasteiger partial charge in [-0.25, -0.2) is 4.68 Å². The summed E-state index contributed by atoms with van der Waals surface area (Å²) < 4.78 is 1.58. The van der Waals surface area contributed by atoms with Crippen molar-refractivity contribution in [1.82, 2.24) is 20.2 Å². The smallest absolute Gasteiger partial charge is 0.158 e. The fraction of sp³-hybridized carbons (Fsp3) is 0.913. The molecule has 1 aromatic rings. The molecule has 0 spiro atoms. The third kappa shape index (κ3) is 3.08. The molecule has 0 aliphatic heterocycles. The number of hydrogen-bond acceptors (Lipinski definition) is 5. The molecule has 6 nitrogen and oxygen atoms in total. The van der Waals surface area contributed by atoms with Crippen LogP contribution in [0.4, 0.5) is 0 Å². The van der Waals surface area contributed by atoms with Crippen LogP contribution in [0.15, 0.2) is 6.33 Å². The van der Waals surface area contributed by atoms with E-state index in [0.717, 1.165) is 31.1 Å². The number of nitrogens with zero attached hydrogens (tertiary/aromatic N) is 4. The lowest BCUT2D eigenvalue weighted by atomic mass is 9.41. The minimum absolute atomic E-state index is 0.0820. The number of aromatic nitrogens is 4. The third-order valence-corrected chi connectivity index (χ3v) is 9.98. The minimum atomic E-state index is -0.0820. The van der Waals surface area contributed by atoms with Crippen LogP contribution in [0, 0.1) is 40.4 Å². The first-order valence-electron chi connectivity index (χ1n) is 11.8. The van der Waals surface area contributed by atoms with Gasteiger partial charge in [-0.15, -0.1) is 5.10 Å².